The van der Waals surface area contributed by atoms with Crippen LogP contribution >= 0.6 is 0 Å². The van der Waals surface area contributed by atoms with Crippen molar-refractivity contribution in [1.82, 2.24) is 0 Å². The van der Waals surface area contributed by atoms with Gasteiger partial charge in [0.05, 0.1) is 17.5 Å². The second-order valence-electron chi connectivity index (χ2n) is 6.84. The highest BCUT2D eigenvalue weighted by Gasteiger charge is 2.32. The maximum atomic E-state index is 14.5. The Hall–Kier alpha value is -1.81. The lowest BCUT2D eigenvalue weighted by Crippen LogP contribution is -2.44. The molecule has 2 aliphatic heterocycles. The van der Waals surface area contributed by atoms with E-state index >= 15 is 0 Å². The molecule has 3 N–H and O–H groups in total. The number of allylic oxidation sites excluding steroid dienone is 2. The fourth-order valence-corrected chi connectivity index (χ4v) is 3.16. The molecule has 1 atom stereocenters. The second-order valence-corrected chi connectivity index (χ2v) is 6.84. The number of nitrogens with one attached hydrogen (secondary N) is 1. The Bertz CT molecular complexity index is 662. The van der Waals surface area contributed by atoms with E-state index in [9.17, 15) is 4.39 Å². The first-order valence-corrected chi connectivity index (χ1v) is 9.47. The summed E-state index contributed by atoms with van der Waals surface area (Å²) < 4.78 is 14.5. The molecule has 3 nitrogen and oxygen atoms in total. The van der Waals surface area contributed by atoms with Gasteiger partial charge in [0, 0.05) is 23.9 Å². The molecule has 0 radical (unpaired) electrons. The van der Waals surface area contributed by atoms with Crippen LogP contribution in [0, 0.1) is 5.82 Å². The van der Waals surface area contributed by atoms with E-state index in [-0.39, 0.29) is 12.0 Å². The molecule has 25 heavy (non-hydrogen) atoms. The summed E-state index contributed by atoms with van der Waals surface area (Å²) in [4.78, 5) is 2.08. The smallest absolute Gasteiger partial charge is 0.147 e. The van der Waals surface area contributed by atoms with Crippen molar-refractivity contribution in [3.05, 3.63) is 41.4 Å². The van der Waals surface area contributed by atoms with Crippen molar-refractivity contribution in [2.24, 2.45) is 5.73 Å². The number of nitrogens with zero attached hydrogens (tertiary/aromatic N) is 1. The first-order chi connectivity index (χ1) is 12.0. The molecule has 0 saturated carbocycles. The number of anilines is 2. The van der Waals surface area contributed by atoms with Crippen molar-refractivity contribution in [3.63, 3.8) is 0 Å². The largest absolute Gasteiger partial charge is 0.382 e. The van der Waals surface area contributed by atoms with Crippen molar-refractivity contribution in [1.29, 1.82) is 0 Å². The predicted molar refractivity (Wildman–Crippen MR) is 107 cm³/mol. The van der Waals surface area contributed by atoms with Crippen molar-refractivity contribution in [3.8, 4) is 0 Å². The lowest BCUT2D eigenvalue weighted by atomic mass is 9.87. The normalized spacial score (nSPS) is 18.2. The van der Waals surface area contributed by atoms with Gasteiger partial charge in [-0.3, -0.25) is 0 Å². The molecule has 0 saturated heterocycles. The molecular formula is C21H32FN3. The maximum Gasteiger partial charge on any atom is 0.147 e. The van der Waals surface area contributed by atoms with Gasteiger partial charge in [0.2, 0.25) is 0 Å². The molecule has 3 rings (SSSR count). The fourth-order valence-electron chi connectivity index (χ4n) is 3.16. The number of rotatable bonds is 4. The fraction of sp³-hybridized carbons (Fsp3) is 0.524. The first kappa shape index (κ1) is 19.5. The standard InChI is InChI=1S/C17H22FN3.C4H10/c1-4-7-20-16-12-5-6-15(19)21-9-10(2)11(3)13(17(12)21)8-14(16)18;1-3-4-2/h8-9,15,20H,3-7,19H2,1-2H3;3-4H2,1-2H3. The first-order valence-electron chi connectivity index (χ1n) is 9.47. The molecule has 0 aromatic heterocycles. The molecule has 0 amide bonds. The van der Waals surface area contributed by atoms with E-state index in [2.05, 4.69) is 37.6 Å². The summed E-state index contributed by atoms with van der Waals surface area (Å²) in [5.41, 5.74) is 11.7. The summed E-state index contributed by atoms with van der Waals surface area (Å²) in [7, 11) is 0. The molecule has 0 aliphatic carbocycles. The van der Waals surface area contributed by atoms with Gasteiger partial charge in [-0.05, 0) is 43.4 Å². The Morgan fingerprint density at radius 2 is 1.96 bits per heavy atom. The third kappa shape index (κ3) is 3.90. The van der Waals surface area contributed by atoms with E-state index in [0.717, 1.165) is 53.8 Å². The lowest BCUT2D eigenvalue weighted by molar-refractivity contribution is 0.578. The molecule has 2 aliphatic rings. The monoisotopic (exact) mass is 345 g/mol. The molecule has 2 heterocycles. The summed E-state index contributed by atoms with van der Waals surface area (Å²) in [6.07, 6.45) is 7.21. The quantitative estimate of drug-likeness (QED) is 0.765. The average molecular weight is 346 g/mol. The van der Waals surface area contributed by atoms with Gasteiger partial charge in [-0.2, -0.15) is 0 Å². The number of benzene rings is 1. The minimum atomic E-state index is -0.191. The van der Waals surface area contributed by atoms with Crippen LogP contribution in [0.2, 0.25) is 0 Å². The van der Waals surface area contributed by atoms with Gasteiger partial charge in [-0.1, -0.05) is 40.2 Å². The van der Waals surface area contributed by atoms with E-state index in [4.69, 9.17) is 5.73 Å². The molecular weight excluding hydrogens is 313 g/mol. The summed E-state index contributed by atoms with van der Waals surface area (Å²) in [5.74, 6) is -0.191. The predicted octanol–water partition coefficient (Wildman–Crippen LogP) is 5.42. The topological polar surface area (TPSA) is 41.3 Å². The van der Waals surface area contributed by atoms with Gasteiger partial charge in [-0.25, -0.2) is 4.39 Å². The number of unbranched alkanes of at least 4 members (excludes halogenated alkanes) is 1. The Morgan fingerprint density at radius 1 is 1.28 bits per heavy atom. The van der Waals surface area contributed by atoms with E-state index in [1.54, 1.807) is 6.07 Å². The van der Waals surface area contributed by atoms with Crippen molar-refractivity contribution >= 4 is 16.9 Å². The van der Waals surface area contributed by atoms with Crippen molar-refractivity contribution in [2.75, 3.05) is 16.8 Å². The van der Waals surface area contributed by atoms with Crippen LogP contribution in [0.5, 0.6) is 0 Å². The molecule has 0 bridgehead atoms. The van der Waals surface area contributed by atoms with E-state index in [1.807, 2.05) is 13.1 Å². The maximum absolute atomic E-state index is 14.5. The molecule has 1 aromatic carbocycles. The van der Waals surface area contributed by atoms with Gasteiger partial charge in [0.1, 0.15) is 5.82 Å². The van der Waals surface area contributed by atoms with E-state index in [0.29, 0.717) is 5.69 Å². The lowest BCUT2D eigenvalue weighted by Gasteiger charge is -2.40. The molecule has 0 spiro atoms. The SMILES string of the molecule is C=C1C(C)=CN2c3c1cc(F)c(NCCC)c3CCC2N.CCCC. The highest BCUT2D eigenvalue weighted by Crippen LogP contribution is 2.45. The Labute approximate surface area is 151 Å². The summed E-state index contributed by atoms with van der Waals surface area (Å²) >= 11 is 0. The second kappa shape index (κ2) is 8.52. The number of nitrogens with two attached hydrogens (primary N) is 1. The van der Waals surface area contributed by atoms with Crippen molar-refractivity contribution < 1.29 is 4.39 Å². The molecule has 4 heteroatoms. The van der Waals surface area contributed by atoms with Crippen LogP contribution in [0.4, 0.5) is 15.8 Å². The molecule has 0 fully saturated rings. The Morgan fingerprint density at radius 3 is 2.56 bits per heavy atom. The third-order valence-corrected chi connectivity index (χ3v) is 4.84. The zero-order chi connectivity index (χ0) is 18.6. The molecule has 138 valence electrons. The minimum absolute atomic E-state index is 0.0520. The van der Waals surface area contributed by atoms with Crippen LogP contribution in [0.1, 0.15) is 64.5 Å². The van der Waals surface area contributed by atoms with Crippen LogP contribution in [-0.2, 0) is 6.42 Å². The van der Waals surface area contributed by atoms with Crippen LogP contribution in [0.3, 0.4) is 0 Å². The van der Waals surface area contributed by atoms with Gasteiger partial charge >= 0.3 is 0 Å². The Kier molecular flexibility index (Phi) is 6.65. The Balaban J connectivity index is 0.000000511. The van der Waals surface area contributed by atoms with Crippen LogP contribution < -0.4 is 16.0 Å². The highest BCUT2D eigenvalue weighted by molar-refractivity contribution is 5.92. The van der Waals surface area contributed by atoms with Crippen LogP contribution in [-0.4, -0.2) is 12.7 Å². The van der Waals surface area contributed by atoms with Gasteiger partial charge in [0.25, 0.3) is 0 Å². The van der Waals surface area contributed by atoms with Gasteiger partial charge in [-0.15, -0.1) is 0 Å². The third-order valence-electron chi connectivity index (χ3n) is 4.84. The summed E-state index contributed by atoms with van der Waals surface area (Å²) in [5, 5.41) is 3.23. The molecule has 1 unspecified atom stereocenters. The zero-order valence-electron chi connectivity index (χ0n) is 16.1. The average Bonchev–Trinajstić information content (AvgIpc) is 2.61. The molecule has 1 aromatic rings. The van der Waals surface area contributed by atoms with E-state index in [1.165, 1.54) is 12.8 Å². The highest BCUT2D eigenvalue weighted by atomic mass is 19.1. The summed E-state index contributed by atoms with van der Waals surface area (Å²) in [6.45, 7) is 13.3. The van der Waals surface area contributed by atoms with Gasteiger partial charge < -0.3 is 16.0 Å². The van der Waals surface area contributed by atoms with E-state index < -0.39 is 0 Å². The van der Waals surface area contributed by atoms with Crippen molar-refractivity contribution in [2.45, 2.75) is 66.0 Å². The number of hydrogen-bond donors (Lipinski definition) is 2. The van der Waals surface area contributed by atoms with Crippen LogP contribution in [0.25, 0.3) is 5.57 Å². The van der Waals surface area contributed by atoms with Gasteiger partial charge in [0.15, 0.2) is 0 Å². The summed E-state index contributed by atoms with van der Waals surface area (Å²) in [6, 6.07) is 1.60. The number of hydrogen-bond acceptors (Lipinski definition) is 3. The van der Waals surface area contributed by atoms with Crippen LogP contribution in [0.15, 0.2) is 24.4 Å². The number of halogens is 1. The minimum Gasteiger partial charge on any atom is -0.382 e. The zero-order valence-corrected chi connectivity index (χ0v) is 16.1.